The molecule has 26 heavy (non-hydrogen) atoms. The highest BCUT2D eigenvalue weighted by atomic mass is 32.2. The van der Waals surface area contributed by atoms with Crippen molar-refractivity contribution in [2.24, 2.45) is 11.8 Å². The number of sulfonamides is 1. The molecule has 4 nitrogen and oxygen atoms in total. The minimum Gasteiger partial charge on any atom is -0.490 e. The third-order valence-corrected chi connectivity index (χ3v) is 6.22. The van der Waals surface area contributed by atoms with E-state index in [1.54, 1.807) is 19.1 Å². The van der Waals surface area contributed by atoms with Gasteiger partial charge in [-0.3, -0.25) is 0 Å². The number of ether oxygens (including phenoxy) is 1. The largest absolute Gasteiger partial charge is 0.490 e. The molecule has 1 N–H and O–H groups in total. The van der Waals surface area contributed by atoms with E-state index >= 15 is 0 Å². The summed E-state index contributed by atoms with van der Waals surface area (Å²) in [6, 6.07) is 4.14. The molecule has 1 aliphatic rings. The zero-order chi connectivity index (χ0) is 19.2. The Bertz CT molecular complexity index is 672. The first kappa shape index (κ1) is 21.2. The van der Waals surface area contributed by atoms with E-state index in [0.717, 1.165) is 32.1 Å². The molecule has 1 aromatic carbocycles. The minimum absolute atomic E-state index is 0.127. The molecule has 0 unspecified atom stereocenters. The summed E-state index contributed by atoms with van der Waals surface area (Å²) in [5, 5.41) is 0. The normalized spacial score (nSPS) is 16.0. The average Bonchev–Trinajstić information content (AvgIpc) is 3.37. The zero-order valence-corrected chi connectivity index (χ0v) is 16.9. The van der Waals surface area contributed by atoms with Gasteiger partial charge in [-0.2, -0.15) is 0 Å². The number of nitrogens with one attached hydrogen (secondary N) is 1. The van der Waals surface area contributed by atoms with E-state index < -0.39 is 21.9 Å². The Labute approximate surface area is 157 Å². The summed E-state index contributed by atoms with van der Waals surface area (Å²) in [6.45, 7) is 6.64. The first-order valence-corrected chi connectivity index (χ1v) is 11.3. The average molecular weight is 386 g/mol. The second-order valence-electron chi connectivity index (χ2n) is 7.85. The van der Waals surface area contributed by atoms with Gasteiger partial charge in [-0.1, -0.05) is 39.2 Å². The molecule has 0 heterocycles. The third kappa shape index (κ3) is 7.62. The van der Waals surface area contributed by atoms with Crippen LogP contribution in [-0.2, 0) is 10.0 Å². The van der Waals surface area contributed by atoms with E-state index in [0.29, 0.717) is 30.4 Å². The maximum atomic E-state index is 13.9. The number of halogens is 1. The molecule has 0 amide bonds. The van der Waals surface area contributed by atoms with Crippen LogP contribution in [-0.4, -0.2) is 20.8 Å². The fourth-order valence-electron chi connectivity index (χ4n) is 2.81. The van der Waals surface area contributed by atoms with Gasteiger partial charge in [0.25, 0.3) is 0 Å². The predicted molar refractivity (Wildman–Crippen MR) is 103 cm³/mol. The van der Waals surface area contributed by atoms with E-state index in [1.165, 1.54) is 6.07 Å². The lowest BCUT2D eigenvalue weighted by Crippen LogP contribution is -2.29. The number of rotatable bonds is 12. The van der Waals surface area contributed by atoms with Gasteiger partial charge in [-0.05, 0) is 55.7 Å². The maximum Gasteiger partial charge on any atom is 0.212 e. The van der Waals surface area contributed by atoms with Crippen molar-refractivity contribution < 1.29 is 17.5 Å². The maximum absolute atomic E-state index is 13.9. The number of benzene rings is 1. The van der Waals surface area contributed by atoms with Crippen LogP contribution >= 0.6 is 0 Å². The lowest BCUT2D eigenvalue weighted by molar-refractivity contribution is 0.285. The summed E-state index contributed by atoms with van der Waals surface area (Å²) in [7, 11) is -3.35. The first-order chi connectivity index (χ1) is 12.3. The van der Waals surface area contributed by atoms with Gasteiger partial charge in [0.05, 0.1) is 12.4 Å². The van der Waals surface area contributed by atoms with Crippen LogP contribution in [0, 0.1) is 17.7 Å². The lowest BCUT2D eigenvalue weighted by atomic mass is 10.1. The minimum atomic E-state index is -3.35. The first-order valence-electron chi connectivity index (χ1n) is 9.69. The second kappa shape index (κ2) is 9.70. The molecular formula is C20H32FNO3S. The van der Waals surface area contributed by atoms with Crippen molar-refractivity contribution in [1.82, 2.24) is 4.72 Å². The fourth-order valence-corrected chi connectivity index (χ4v) is 4.19. The Balaban J connectivity index is 1.84. The van der Waals surface area contributed by atoms with Gasteiger partial charge in [-0.15, -0.1) is 0 Å². The smallest absolute Gasteiger partial charge is 0.212 e. The number of unbranched alkanes of at least 4 members (excludes halogenated alkanes) is 2. The summed E-state index contributed by atoms with van der Waals surface area (Å²) >= 11 is 0. The Morgan fingerprint density at radius 1 is 1.19 bits per heavy atom. The van der Waals surface area contributed by atoms with Gasteiger partial charge in [-0.25, -0.2) is 17.5 Å². The van der Waals surface area contributed by atoms with Crippen molar-refractivity contribution in [2.45, 2.75) is 65.3 Å². The van der Waals surface area contributed by atoms with Crippen molar-refractivity contribution in [2.75, 3.05) is 12.4 Å². The van der Waals surface area contributed by atoms with E-state index in [-0.39, 0.29) is 11.5 Å². The van der Waals surface area contributed by atoms with Crippen LogP contribution in [0.25, 0.3) is 0 Å². The Kier molecular flexibility index (Phi) is 7.89. The summed E-state index contributed by atoms with van der Waals surface area (Å²) in [5.74, 6) is 1.11. The van der Waals surface area contributed by atoms with Crippen LogP contribution < -0.4 is 9.46 Å². The van der Waals surface area contributed by atoms with Crippen LogP contribution in [0.1, 0.15) is 70.9 Å². The monoisotopic (exact) mass is 385 g/mol. The summed E-state index contributed by atoms with van der Waals surface area (Å²) < 4.78 is 46.6. The summed E-state index contributed by atoms with van der Waals surface area (Å²) in [4.78, 5) is 0. The molecule has 6 heteroatoms. The highest BCUT2D eigenvalue weighted by Gasteiger charge is 2.23. The van der Waals surface area contributed by atoms with Gasteiger partial charge >= 0.3 is 0 Å². The highest BCUT2D eigenvalue weighted by molar-refractivity contribution is 7.89. The second-order valence-corrected chi connectivity index (χ2v) is 9.72. The SMILES string of the molecule is CC(C)CCCCCS(=O)(=O)N[C@H](C)c1ccc(F)c(OCC2CC2)c1. The van der Waals surface area contributed by atoms with E-state index in [2.05, 4.69) is 18.6 Å². The number of hydrogen-bond donors (Lipinski definition) is 1. The van der Waals surface area contributed by atoms with Gasteiger partial charge in [0.1, 0.15) is 0 Å². The highest BCUT2D eigenvalue weighted by Crippen LogP contribution is 2.31. The topological polar surface area (TPSA) is 55.4 Å². The quantitative estimate of drug-likeness (QED) is 0.525. The standard InChI is InChI=1S/C20H32FNO3S/c1-15(2)7-5-4-6-12-26(23,24)22-16(3)18-10-11-19(21)20(13-18)25-14-17-8-9-17/h10-11,13,15-17,22H,4-9,12,14H2,1-3H3/t16-/m1/s1. The number of hydrogen-bond acceptors (Lipinski definition) is 3. The molecule has 0 radical (unpaired) electrons. The van der Waals surface area contributed by atoms with E-state index in [9.17, 15) is 12.8 Å². The Morgan fingerprint density at radius 2 is 1.92 bits per heavy atom. The van der Waals surface area contributed by atoms with Crippen LogP contribution in [0.15, 0.2) is 18.2 Å². The van der Waals surface area contributed by atoms with E-state index in [4.69, 9.17) is 4.74 Å². The van der Waals surface area contributed by atoms with Crippen molar-refractivity contribution in [1.29, 1.82) is 0 Å². The molecule has 1 aliphatic carbocycles. The van der Waals surface area contributed by atoms with Crippen molar-refractivity contribution in [3.63, 3.8) is 0 Å². The summed E-state index contributed by atoms with van der Waals surface area (Å²) in [5.41, 5.74) is 0.709. The van der Waals surface area contributed by atoms with Gasteiger partial charge in [0, 0.05) is 6.04 Å². The van der Waals surface area contributed by atoms with Crippen LogP contribution in [0.3, 0.4) is 0 Å². The molecule has 1 aromatic rings. The molecule has 1 fully saturated rings. The third-order valence-electron chi connectivity index (χ3n) is 4.68. The molecule has 0 aromatic heterocycles. The molecule has 0 saturated heterocycles. The Morgan fingerprint density at radius 3 is 2.58 bits per heavy atom. The molecule has 148 valence electrons. The summed E-state index contributed by atoms with van der Waals surface area (Å²) in [6.07, 6.45) is 6.03. The molecular weight excluding hydrogens is 353 g/mol. The Hall–Kier alpha value is -1.14. The van der Waals surface area contributed by atoms with Crippen molar-refractivity contribution in [3.05, 3.63) is 29.6 Å². The molecule has 0 bridgehead atoms. The van der Waals surface area contributed by atoms with Crippen molar-refractivity contribution >= 4 is 10.0 Å². The fraction of sp³-hybridized carbons (Fsp3) is 0.700. The van der Waals surface area contributed by atoms with Crippen molar-refractivity contribution in [3.8, 4) is 5.75 Å². The van der Waals surface area contributed by atoms with Gasteiger partial charge in [0.2, 0.25) is 10.0 Å². The van der Waals surface area contributed by atoms with Crippen LogP contribution in [0.2, 0.25) is 0 Å². The van der Waals surface area contributed by atoms with Gasteiger partial charge in [0.15, 0.2) is 11.6 Å². The predicted octanol–water partition coefficient (Wildman–Crippen LogP) is 4.81. The molecule has 0 spiro atoms. The van der Waals surface area contributed by atoms with E-state index in [1.807, 2.05) is 0 Å². The molecule has 0 aliphatic heterocycles. The van der Waals surface area contributed by atoms with Gasteiger partial charge < -0.3 is 4.74 Å². The van der Waals surface area contributed by atoms with Crippen LogP contribution in [0.5, 0.6) is 5.75 Å². The molecule has 1 atom stereocenters. The van der Waals surface area contributed by atoms with Crippen LogP contribution in [0.4, 0.5) is 4.39 Å². The molecule has 1 saturated carbocycles. The zero-order valence-electron chi connectivity index (χ0n) is 16.1. The molecule has 2 rings (SSSR count). The lowest BCUT2D eigenvalue weighted by Gasteiger charge is -2.16.